The van der Waals surface area contributed by atoms with Crippen LogP contribution in [0.3, 0.4) is 0 Å². The van der Waals surface area contributed by atoms with E-state index < -0.39 is 11.8 Å². The summed E-state index contributed by atoms with van der Waals surface area (Å²) in [5.74, 6) is -0.849. The number of hydrogen-bond acceptors (Lipinski definition) is 3. The minimum absolute atomic E-state index is 0.113. The molecule has 2 N–H and O–H groups in total. The van der Waals surface area contributed by atoms with Gasteiger partial charge in [-0.25, -0.2) is 0 Å². The van der Waals surface area contributed by atoms with E-state index in [1.807, 2.05) is 6.07 Å². The summed E-state index contributed by atoms with van der Waals surface area (Å²) in [6.45, 7) is 1.49. The van der Waals surface area contributed by atoms with Crippen LogP contribution < -0.4 is 10.6 Å². The molecule has 2 amide bonds. The highest BCUT2D eigenvalue weighted by Gasteiger charge is 2.19. The highest BCUT2D eigenvalue weighted by atomic mass is 35.5. The number of hydrogen-bond donors (Lipinski definition) is 2. The fraction of sp³-hybridized carbons (Fsp3) is 0.111. The Balaban J connectivity index is 1.69. The van der Waals surface area contributed by atoms with E-state index in [2.05, 4.69) is 10.6 Å². The third kappa shape index (κ3) is 3.80. The molecule has 8 heteroatoms. The maximum atomic E-state index is 12.3. The lowest BCUT2D eigenvalue weighted by Crippen LogP contribution is -2.33. The van der Waals surface area contributed by atoms with E-state index in [4.69, 9.17) is 39.2 Å². The predicted molar refractivity (Wildman–Crippen MR) is 103 cm³/mol. The Bertz CT molecular complexity index is 1010. The van der Waals surface area contributed by atoms with E-state index in [0.29, 0.717) is 31.9 Å². The lowest BCUT2D eigenvalue weighted by Gasteiger charge is -2.08. The zero-order chi connectivity index (χ0) is 18.8. The van der Waals surface area contributed by atoms with Gasteiger partial charge in [-0.3, -0.25) is 9.59 Å². The number of halogens is 3. The van der Waals surface area contributed by atoms with Gasteiger partial charge in [0, 0.05) is 16.0 Å². The SMILES string of the molecule is Cc1c(C(=O)NCC(=O)Nc2cc(Cl)ccc2Cl)oc2c(Cl)cccc12. The smallest absolute Gasteiger partial charge is 0.287 e. The Morgan fingerprint density at radius 1 is 1.08 bits per heavy atom. The lowest BCUT2D eigenvalue weighted by molar-refractivity contribution is -0.115. The van der Waals surface area contributed by atoms with Gasteiger partial charge in [0.25, 0.3) is 5.91 Å². The summed E-state index contributed by atoms with van der Waals surface area (Å²) < 4.78 is 5.56. The standard InChI is InChI=1S/C18H13Cl3N2O3/c1-9-11-3-2-4-13(21)17(11)26-16(9)18(25)22-8-15(24)23-14-7-10(19)5-6-12(14)20/h2-7H,8H2,1H3,(H,22,25)(H,23,24). The first-order valence-corrected chi connectivity index (χ1v) is 8.71. The van der Waals surface area contributed by atoms with E-state index >= 15 is 0 Å². The summed E-state index contributed by atoms with van der Waals surface area (Å²) in [4.78, 5) is 24.4. The maximum Gasteiger partial charge on any atom is 0.287 e. The van der Waals surface area contributed by atoms with Crippen LogP contribution in [-0.4, -0.2) is 18.4 Å². The minimum Gasteiger partial charge on any atom is -0.449 e. The van der Waals surface area contributed by atoms with Crippen molar-refractivity contribution in [1.82, 2.24) is 5.32 Å². The lowest BCUT2D eigenvalue weighted by atomic mass is 10.1. The summed E-state index contributed by atoms with van der Waals surface area (Å²) in [6, 6.07) is 9.96. The molecule has 0 atom stereocenters. The summed E-state index contributed by atoms with van der Waals surface area (Å²) >= 11 is 17.9. The quantitative estimate of drug-likeness (QED) is 0.629. The van der Waals surface area contributed by atoms with Crippen LogP contribution in [0.4, 0.5) is 5.69 Å². The number of aryl methyl sites for hydroxylation is 1. The van der Waals surface area contributed by atoms with Crippen LogP contribution in [0.5, 0.6) is 0 Å². The summed E-state index contributed by atoms with van der Waals surface area (Å²) in [5, 5.41) is 7.04. The molecule has 0 radical (unpaired) electrons. The molecule has 5 nitrogen and oxygen atoms in total. The Labute approximate surface area is 164 Å². The molecule has 0 bridgehead atoms. The molecule has 3 rings (SSSR count). The van der Waals surface area contributed by atoms with Crippen molar-refractivity contribution < 1.29 is 14.0 Å². The van der Waals surface area contributed by atoms with Crippen LogP contribution >= 0.6 is 34.8 Å². The van der Waals surface area contributed by atoms with Crippen LogP contribution in [0.1, 0.15) is 16.1 Å². The van der Waals surface area contributed by atoms with Crippen LogP contribution in [0, 0.1) is 6.92 Å². The van der Waals surface area contributed by atoms with Crippen LogP contribution in [0.2, 0.25) is 15.1 Å². The Morgan fingerprint density at radius 3 is 2.58 bits per heavy atom. The number of anilines is 1. The second kappa shape index (κ2) is 7.58. The number of furan rings is 1. The van der Waals surface area contributed by atoms with Gasteiger partial charge in [-0.05, 0) is 31.2 Å². The molecule has 26 heavy (non-hydrogen) atoms. The first-order chi connectivity index (χ1) is 12.4. The zero-order valence-electron chi connectivity index (χ0n) is 13.5. The van der Waals surface area contributed by atoms with E-state index in [-0.39, 0.29) is 12.3 Å². The highest BCUT2D eigenvalue weighted by Crippen LogP contribution is 2.30. The van der Waals surface area contributed by atoms with Crippen molar-refractivity contribution in [3.05, 3.63) is 62.8 Å². The first-order valence-electron chi connectivity index (χ1n) is 7.57. The number of para-hydroxylation sites is 1. The van der Waals surface area contributed by atoms with Gasteiger partial charge in [0.05, 0.1) is 22.3 Å². The van der Waals surface area contributed by atoms with Crippen molar-refractivity contribution in [2.75, 3.05) is 11.9 Å². The predicted octanol–water partition coefficient (Wildman–Crippen LogP) is 5.07. The van der Waals surface area contributed by atoms with Crippen molar-refractivity contribution in [2.45, 2.75) is 6.92 Å². The number of carbonyl (C=O) groups excluding carboxylic acids is 2. The number of fused-ring (bicyclic) bond motifs is 1. The highest BCUT2D eigenvalue weighted by molar-refractivity contribution is 6.36. The summed E-state index contributed by atoms with van der Waals surface area (Å²) in [6.07, 6.45) is 0. The van der Waals surface area contributed by atoms with Crippen LogP contribution in [-0.2, 0) is 4.79 Å². The molecule has 1 heterocycles. The van der Waals surface area contributed by atoms with Crippen molar-refractivity contribution in [2.24, 2.45) is 0 Å². The second-order valence-electron chi connectivity index (χ2n) is 5.53. The molecule has 0 aliphatic carbocycles. The maximum absolute atomic E-state index is 12.3. The van der Waals surface area contributed by atoms with Gasteiger partial charge in [-0.15, -0.1) is 0 Å². The molecular weight excluding hydrogens is 399 g/mol. The Morgan fingerprint density at radius 2 is 1.85 bits per heavy atom. The summed E-state index contributed by atoms with van der Waals surface area (Å²) in [7, 11) is 0. The van der Waals surface area contributed by atoms with E-state index in [1.165, 1.54) is 6.07 Å². The van der Waals surface area contributed by atoms with E-state index in [9.17, 15) is 9.59 Å². The number of benzene rings is 2. The fourth-order valence-electron chi connectivity index (χ4n) is 2.45. The second-order valence-corrected chi connectivity index (χ2v) is 6.78. The van der Waals surface area contributed by atoms with Gasteiger partial charge in [-0.2, -0.15) is 0 Å². The van der Waals surface area contributed by atoms with Crippen molar-refractivity contribution >= 4 is 63.3 Å². The van der Waals surface area contributed by atoms with E-state index in [0.717, 1.165) is 5.39 Å². The van der Waals surface area contributed by atoms with Crippen molar-refractivity contribution in [1.29, 1.82) is 0 Å². The first kappa shape index (κ1) is 18.6. The molecule has 1 aromatic heterocycles. The zero-order valence-corrected chi connectivity index (χ0v) is 15.8. The summed E-state index contributed by atoms with van der Waals surface area (Å²) in [5.41, 5.74) is 1.45. The van der Waals surface area contributed by atoms with Crippen molar-refractivity contribution in [3.8, 4) is 0 Å². The molecule has 0 spiro atoms. The molecule has 3 aromatic rings. The number of rotatable bonds is 4. The molecule has 0 aliphatic rings. The molecule has 134 valence electrons. The average Bonchev–Trinajstić information content (AvgIpc) is 2.95. The largest absolute Gasteiger partial charge is 0.449 e. The van der Waals surface area contributed by atoms with Crippen molar-refractivity contribution in [3.63, 3.8) is 0 Å². The minimum atomic E-state index is -0.512. The third-order valence-corrected chi connectivity index (χ3v) is 4.60. The van der Waals surface area contributed by atoms with Gasteiger partial charge in [0.1, 0.15) is 0 Å². The molecule has 0 unspecified atom stereocenters. The van der Waals surface area contributed by atoms with Gasteiger partial charge < -0.3 is 15.1 Å². The number of nitrogens with one attached hydrogen (secondary N) is 2. The topological polar surface area (TPSA) is 71.3 Å². The molecule has 2 aromatic carbocycles. The molecule has 0 fully saturated rings. The monoisotopic (exact) mass is 410 g/mol. The fourth-order valence-corrected chi connectivity index (χ4v) is 3.00. The molecule has 0 saturated heterocycles. The molecular formula is C18H13Cl3N2O3. The van der Waals surface area contributed by atoms with Crippen LogP contribution in [0.25, 0.3) is 11.0 Å². The molecule has 0 aliphatic heterocycles. The van der Waals surface area contributed by atoms with Gasteiger partial charge in [0.15, 0.2) is 11.3 Å². The van der Waals surface area contributed by atoms with E-state index in [1.54, 1.807) is 31.2 Å². The number of amides is 2. The normalized spacial score (nSPS) is 10.8. The van der Waals surface area contributed by atoms with Gasteiger partial charge >= 0.3 is 0 Å². The third-order valence-electron chi connectivity index (χ3n) is 3.73. The van der Waals surface area contributed by atoms with Crippen LogP contribution in [0.15, 0.2) is 40.8 Å². The Kier molecular flexibility index (Phi) is 5.41. The molecule has 0 saturated carbocycles. The van der Waals surface area contributed by atoms with Gasteiger partial charge in [-0.1, -0.05) is 46.9 Å². The number of carbonyl (C=O) groups is 2. The average molecular weight is 412 g/mol. The van der Waals surface area contributed by atoms with Gasteiger partial charge in [0.2, 0.25) is 5.91 Å². The Hall–Kier alpha value is -2.21.